The van der Waals surface area contributed by atoms with Crippen LogP contribution in [0.15, 0.2) is 53.4 Å². The van der Waals surface area contributed by atoms with Gasteiger partial charge in [-0.1, -0.05) is 53.5 Å². The van der Waals surface area contributed by atoms with E-state index < -0.39 is 10.0 Å². The van der Waals surface area contributed by atoms with Gasteiger partial charge in [-0.25, -0.2) is 13.1 Å². The van der Waals surface area contributed by atoms with E-state index >= 15 is 0 Å². The number of benzene rings is 2. The molecule has 0 bridgehead atoms. The Morgan fingerprint density at radius 3 is 2.40 bits per heavy atom. The summed E-state index contributed by atoms with van der Waals surface area (Å²) in [6.45, 7) is 2.59. The summed E-state index contributed by atoms with van der Waals surface area (Å²) in [6.07, 6.45) is 1.54. The highest BCUT2D eigenvalue weighted by Gasteiger charge is 2.26. The van der Waals surface area contributed by atoms with Crippen LogP contribution < -0.4 is 4.72 Å². The van der Waals surface area contributed by atoms with Gasteiger partial charge in [0.15, 0.2) is 0 Å². The third-order valence-corrected chi connectivity index (χ3v) is 6.58. The van der Waals surface area contributed by atoms with Gasteiger partial charge in [0.2, 0.25) is 10.0 Å². The zero-order chi connectivity index (χ0) is 17.9. The Bertz CT molecular complexity index is 820. The maximum absolute atomic E-state index is 12.6. The minimum absolute atomic E-state index is 0.0355. The fourth-order valence-corrected chi connectivity index (χ4v) is 5.08. The van der Waals surface area contributed by atoms with Crippen molar-refractivity contribution >= 4 is 33.2 Å². The van der Waals surface area contributed by atoms with Gasteiger partial charge in [0, 0.05) is 30.7 Å². The lowest BCUT2D eigenvalue weighted by Gasteiger charge is -2.32. The van der Waals surface area contributed by atoms with Crippen LogP contribution in [0.1, 0.15) is 18.4 Å². The van der Waals surface area contributed by atoms with Gasteiger partial charge in [-0.2, -0.15) is 0 Å². The number of piperidine rings is 1. The Hall–Kier alpha value is -1.11. The van der Waals surface area contributed by atoms with Crippen LogP contribution in [0.25, 0.3) is 0 Å². The quantitative estimate of drug-likeness (QED) is 0.829. The SMILES string of the molecule is O=S(=O)(NC1CCN(Cc2ccccc2)CC1)c1cc(Cl)ccc1Cl. The molecule has 7 heteroatoms. The number of rotatable bonds is 5. The summed E-state index contributed by atoms with van der Waals surface area (Å²) in [6, 6.07) is 14.7. The first-order valence-electron chi connectivity index (χ1n) is 8.18. The van der Waals surface area contributed by atoms with Crippen LogP contribution in [0.4, 0.5) is 0 Å². The number of hydrogen-bond donors (Lipinski definition) is 1. The second-order valence-electron chi connectivity index (χ2n) is 6.23. The number of nitrogens with one attached hydrogen (secondary N) is 1. The van der Waals surface area contributed by atoms with Crippen molar-refractivity contribution in [2.75, 3.05) is 13.1 Å². The van der Waals surface area contributed by atoms with Crippen LogP contribution in [0, 0.1) is 0 Å². The Morgan fingerprint density at radius 2 is 1.72 bits per heavy atom. The highest BCUT2D eigenvalue weighted by molar-refractivity contribution is 7.89. The first kappa shape index (κ1) is 18.7. The van der Waals surface area contributed by atoms with E-state index in [2.05, 4.69) is 21.8 Å². The molecule has 0 saturated carbocycles. The van der Waals surface area contributed by atoms with Crippen LogP contribution in [0.2, 0.25) is 10.0 Å². The second kappa shape index (κ2) is 8.06. The molecule has 1 fully saturated rings. The lowest BCUT2D eigenvalue weighted by Crippen LogP contribution is -2.44. The predicted molar refractivity (Wildman–Crippen MR) is 102 cm³/mol. The van der Waals surface area contributed by atoms with Gasteiger partial charge in [-0.05, 0) is 36.6 Å². The summed E-state index contributed by atoms with van der Waals surface area (Å²) in [7, 11) is -3.67. The molecular weight excluding hydrogens is 379 g/mol. The highest BCUT2D eigenvalue weighted by Crippen LogP contribution is 2.26. The smallest absolute Gasteiger partial charge is 0.242 e. The van der Waals surface area contributed by atoms with Crippen LogP contribution >= 0.6 is 23.2 Å². The Labute approximate surface area is 158 Å². The van der Waals surface area contributed by atoms with Crippen LogP contribution in [-0.2, 0) is 16.6 Å². The van der Waals surface area contributed by atoms with Gasteiger partial charge in [-0.3, -0.25) is 4.90 Å². The van der Waals surface area contributed by atoms with Crippen molar-refractivity contribution in [3.05, 3.63) is 64.1 Å². The molecule has 0 amide bonds. The third kappa shape index (κ3) is 4.96. The molecule has 1 N–H and O–H groups in total. The molecule has 134 valence electrons. The first-order chi connectivity index (χ1) is 11.9. The Morgan fingerprint density at radius 1 is 1.04 bits per heavy atom. The van der Waals surface area contributed by atoms with Gasteiger partial charge >= 0.3 is 0 Å². The largest absolute Gasteiger partial charge is 0.299 e. The van der Waals surface area contributed by atoms with E-state index in [-0.39, 0.29) is 16.0 Å². The molecule has 0 radical (unpaired) electrons. The van der Waals surface area contributed by atoms with Crippen molar-refractivity contribution in [3.8, 4) is 0 Å². The molecule has 1 saturated heterocycles. The van der Waals surface area contributed by atoms with Gasteiger partial charge in [-0.15, -0.1) is 0 Å². The van der Waals surface area contributed by atoms with Crippen molar-refractivity contribution in [1.29, 1.82) is 0 Å². The van der Waals surface area contributed by atoms with E-state index in [9.17, 15) is 8.42 Å². The number of hydrogen-bond acceptors (Lipinski definition) is 3. The van der Waals surface area contributed by atoms with Crippen molar-refractivity contribution < 1.29 is 8.42 Å². The zero-order valence-corrected chi connectivity index (χ0v) is 16.0. The van der Waals surface area contributed by atoms with Gasteiger partial charge < -0.3 is 0 Å². The fourth-order valence-electron chi connectivity index (χ4n) is 3.02. The van der Waals surface area contributed by atoms with Crippen molar-refractivity contribution in [2.45, 2.75) is 30.3 Å². The minimum atomic E-state index is -3.67. The molecule has 0 atom stereocenters. The summed E-state index contributed by atoms with van der Waals surface area (Å²) >= 11 is 11.9. The average Bonchev–Trinajstić information content (AvgIpc) is 2.59. The van der Waals surface area contributed by atoms with E-state index in [0.717, 1.165) is 32.5 Å². The van der Waals surface area contributed by atoms with Crippen molar-refractivity contribution in [3.63, 3.8) is 0 Å². The van der Waals surface area contributed by atoms with E-state index in [4.69, 9.17) is 23.2 Å². The molecule has 1 aliphatic rings. The Balaban J connectivity index is 1.59. The summed E-state index contributed by atoms with van der Waals surface area (Å²) in [5.41, 5.74) is 1.27. The molecule has 0 unspecified atom stereocenters. The highest BCUT2D eigenvalue weighted by atomic mass is 35.5. The molecule has 1 heterocycles. The molecule has 25 heavy (non-hydrogen) atoms. The van der Waals surface area contributed by atoms with Crippen molar-refractivity contribution in [1.82, 2.24) is 9.62 Å². The normalized spacial score (nSPS) is 16.9. The number of likely N-dealkylation sites (tertiary alicyclic amines) is 1. The second-order valence-corrected chi connectivity index (χ2v) is 8.76. The van der Waals surface area contributed by atoms with Gasteiger partial charge in [0.05, 0.1) is 5.02 Å². The Kier molecular flexibility index (Phi) is 6.02. The van der Waals surface area contributed by atoms with E-state index in [1.54, 1.807) is 6.07 Å². The first-order valence-corrected chi connectivity index (χ1v) is 10.4. The van der Waals surface area contributed by atoms with Gasteiger partial charge in [0.25, 0.3) is 0 Å². The standard InChI is InChI=1S/C18H20Cl2N2O2S/c19-15-6-7-17(20)18(12-15)25(23,24)21-16-8-10-22(11-9-16)13-14-4-2-1-3-5-14/h1-7,12,16,21H,8-11,13H2. The molecule has 0 aliphatic carbocycles. The van der Waals surface area contributed by atoms with Crippen LogP contribution in [0.5, 0.6) is 0 Å². The molecule has 3 rings (SSSR count). The lowest BCUT2D eigenvalue weighted by molar-refractivity contribution is 0.200. The summed E-state index contributed by atoms with van der Waals surface area (Å²) < 4.78 is 27.9. The molecule has 2 aromatic rings. The molecule has 2 aromatic carbocycles. The molecule has 0 spiro atoms. The third-order valence-electron chi connectivity index (χ3n) is 4.34. The minimum Gasteiger partial charge on any atom is -0.299 e. The molecule has 4 nitrogen and oxygen atoms in total. The predicted octanol–water partition coefficient (Wildman–Crippen LogP) is 3.94. The number of sulfonamides is 1. The van der Waals surface area contributed by atoms with E-state index in [1.165, 1.54) is 17.7 Å². The monoisotopic (exact) mass is 398 g/mol. The van der Waals surface area contributed by atoms with Crippen LogP contribution in [0.3, 0.4) is 0 Å². The number of nitrogens with zero attached hydrogens (tertiary/aromatic N) is 1. The van der Waals surface area contributed by atoms with Crippen molar-refractivity contribution in [2.24, 2.45) is 0 Å². The van der Waals surface area contributed by atoms with E-state index in [1.807, 2.05) is 18.2 Å². The average molecular weight is 399 g/mol. The summed E-state index contributed by atoms with van der Waals surface area (Å²) in [5.74, 6) is 0. The fraction of sp³-hybridized carbons (Fsp3) is 0.333. The maximum Gasteiger partial charge on any atom is 0.242 e. The molecular formula is C18H20Cl2N2O2S. The maximum atomic E-state index is 12.6. The molecule has 0 aromatic heterocycles. The topological polar surface area (TPSA) is 49.4 Å². The summed E-state index contributed by atoms with van der Waals surface area (Å²) in [5, 5.41) is 0.529. The number of halogens is 2. The molecule has 1 aliphatic heterocycles. The zero-order valence-electron chi connectivity index (χ0n) is 13.7. The van der Waals surface area contributed by atoms with Crippen LogP contribution in [-0.4, -0.2) is 32.4 Å². The summed E-state index contributed by atoms with van der Waals surface area (Å²) in [4.78, 5) is 2.38. The lowest BCUT2D eigenvalue weighted by atomic mass is 10.1. The van der Waals surface area contributed by atoms with Gasteiger partial charge in [0.1, 0.15) is 4.90 Å². The van der Waals surface area contributed by atoms with E-state index in [0.29, 0.717) is 5.02 Å².